The fourth-order valence-electron chi connectivity index (χ4n) is 3.38. The van der Waals surface area contributed by atoms with Gasteiger partial charge in [-0.2, -0.15) is 12.6 Å². The molecule has 2 fully saturated rings. The van der Waals surface area contributed by atoms with E-state index in [4.69, 9.17) is 4.74 Å². The summed E-state index contributed by atoms with van der Waals surface area (Å²) >= 11 is 4.36. The number of halogens is 1. The van der Waals surface area contributed by atoms with E-state index >= 15 is 0 Å². The Balaban J connectivity index is 1.58. The molecular weight excluding hydrogens is 317 g/mol. The third kappa shape index (κ3) is 2.72. The number of ether oxygens (including phenoxy) is 1. The largest absolute Gasteiger partial charge is 0.363 e. The second-order valence-corrected chi connectivity index (χ2v) is 6.38. The highest BCUT2D eigenvalue weighted by Gasteiger charge is 2.37. The molecule has 1 aromatic heterocycles. The van der Waals surface area contributed by atoms with Crippen LogP contribution in [0.5, 0.6) is 0 Å². The van der Waals surface area contributed by atoms with Gasteiger partial charge in [-0.15, -0.1) is 0 Å². The third-order valence-corrected chi connectivity index (χ3v) is 4.90. The maximum absolute atomic E-state index is 13.4. The Morgan fingerprint density at radius 2 is 2.13 bits per heavy atom. The van der Waals surface area contributed by atoms with E-state index in [1.807, 2.05) is 4.90 Å². The van der Waals surface area contributed by atoms with Gasteiger partial charge >= 0.3 is 0 Å². The van der Waals surface area contributed by atoms with Gasteiger partial charge in [0.25, 0.3) is 5.91 Å². The summed E-state index contributed by atoms with van der Waals surface area (Å²) in [5, 5.41) is 0. The van der Waals surface area contributed by atoms with Gasteiger partial charge in [0.15, 0.2) is 6.10 Å². The molecule has 2 aliphatic heterocycles. The molecule has 0 radical (unpaired) electrons. The number of piperidine rings is 1. The van der Waals surface area contributed by atoms with Crippen molar-refractivity contribution in [3.8, 4) is 0 Å². The van der Waals surface area contributed by atoms with Gasteiger partial charge in [-0.1, -0.05) is 0 Å². The Bertz CT molecular complexity index is 751. The number of epoxide rings is 1. The number of aromatic nitrogens is 2. The highest BCUT2D eigenvalue weighted by atomic mass is 32.1. The molecular formula is C16H18FN3O2S. The van der Waals surface area contributed by atoms with Crippen LogP contribution in [-0.4, -0.2) is 46.2 Å². The Morgan fingerprint density at radius 3 is 2.78 bits per heavy atom. The van der Waals surface area contributed by atoms with Crippen molar-refractivity contribution < 1.29 is 13.9 Å². The molecule has 5 nitrogen and oxygen atoms in total. The molecule has 2 saturated heterocycles. The summed E-state index contributed by atoms with van der Waals surface area (Å²) in [6.07, 6.45) is 1.51. The third-order valence-electron chi connectivity index (χ3n) is 4.62. The van der Waals surface area contributed by atoms with E-state index in [9.17, 15) is 9.18 Å². The van der Waals surface area contributed by atoms with Gasteiger partial charge in [-0.25, -0.2) is 9.37 Å². The summed E-state index contributed by atoms with van der Waals surface area (Å²) < 4.78 is 20.7. The molecule has 1 amide bonds. The van der Waals surface area contributed by atoms with Crippen molar-refractivity contribution in [3.63, 3.8) is 0 Å². The van der Waals surface area contributed by atoms with Crippen LogP contribution in [0.2, 0.25) is 0 Å². The molecule has 2 aliphatic rings. The van der Waals surface area contributed by atoms with E-state index in [0.29, 0.717) is 17.9 Å². The summed E-state index contributed by atoms with van der Waals surface area (Å²) in [5.41, 5.74) is 1.60. The molecule has 2 aromatic rings. The smallest absolute Gasteiger partial charge is 0.254 e. The molecule has 7 heteroatoms. The number of fused-ring (bicyclic) bond motifs is 1. The van der Waals surface area contributed by atoms with Crippen molar-refractivity contribution in [2.75, 3.05) is 19.7 Å². The molecule has 0 spiro atoms. The van der Waals surface area contributed by atoms with Crippen LogP contribution in [0.3, 0.4) is 0 Å². The van der Waals surface area contributed by atoms with Gasteiger partial charge in [-0.3, -0.25) is 4.79 Å². The molecule has 23 heavy (non-hydrogen) atoms. The quantitative estimate of drug-likeness (QED) is 0.691. The second kappa shape index (κ2) is 5.79. The first-order chi connectivity index (χ1) is 11.2. The Kier molecular flexibility index (Phi) is 3.77. The van der Waals surface area contributed by atoms with Crippen molar-refractivity contribution in [2.24, 2.45) is 0 Å². The molecule has 4 rings (SSSR count). The number of rotatable bonds is 3. The van der Waals surface area contributed by atoms with Gasteiger partial charge in [0, 0.05) is 31.0 Å². The van der Waals surface area contributed by atoms with Crippen LogP contribution in [0, 0.1) is 5.82 Å². The SMILES string of the molecule is O=C(C1CO1)N1CCC(n2c(CS)nc3cc(F)ccc32)CC1. The topological polar surface area (TPSA) is 50.7 Å². The van der Waals surface area contributed by atoms with Crippen molar-refractivity contribution in [1.82, 2.24) is 14.5 Å². The minimum Gasteiger partial charge on any atom is -0.363 e. The fraction of sp³-hybridized carbons (Fsp3) is 0.500. The molecule has 1 aromatic carbocycles. The van der Waals surface area contributed by atoms with Crippen LogP contribution in [0.1, 0.15) is 24.7 Å². The predicted molar refractivity (Wildman–Crippen MR) is 87.0 cm³/mol. The van der Waals surface area contributed by atoms with Crippen LogP contribution in [0.15, 0.2) is 18.2 Å². The van der Waals surface area contributed by atoms with Crippen LogP contribution < -0.4 is 0 Å². The highest BCUT2D eigenvalue weighted by Crippen LogP contribution is 2.30. The molecule has 0 saturated carbocycles. The normalized spacial score (nSPS) is 21.8. The van der Waals surface area contributed by atoms with E-state index in [1.54, 1.807) is 6.07 Å². The van der Waals surface area contributed by atoms with E-state index < -0.39 is 0 Å². The molecule has 0 aliphatic carbocycles. The zero-order valence-electron chi connectivity index (χ0n) is 12.6. The maximum Gasteiger partial charge on any atom is 0.254 e. The monoisotopic (exact) mass is 335 g/mol. The lowest BCUT2D eigenvalue weighted by molar-refractivity contribution is -0.133. The first-order valence-electron chi connectivity index (χ1n) is 7.85. The number of carbonyl (C=O) groups is 1. The zero-order valence-corrected chi connectivity index (χ0v) is 13.5. The van der Waals surface area contributed by atoms with Gasteiger partial charge in [0.2, 0.25) is 0 Å². The summed E-state index contributed by atoms with van der Waals surface area (Å²) in [5.74, 6) is 1.18. The Hall–Kier alpha value is -1.60. The molecule has 1 atom stereocenters. The number of carbonyl (C=O) groups excluding carboxylic acids is 1. The number of thiol groups is 1. The molecule has 0 N–H and O–H groups in total. The van der Waals surface area contributed by atoms with Crippen LogP contribution in [0.25, 0.3) is 11.0 Å². The summed E-state index contributed by atoms with van der Waals surface area (Å²) in [7, 11) is 0. The first kappa shape index (κ1) is 15.0. The summed E-state index contributed by atoms with van der Waals surface area (Å²) in [6.45, 7) is 1.99. The summed E-state index contributed by atoms with van der Waals surface area (Å²) in [4.78, 5) is 18.4. The number of hydrogen-bond acceptors (Lipinski definition) is 4. The van der Waals surface area contributed by atoms with Crippen LogP contribution >= 0.6 is 12.6 Å². The van der Waals surface area contributed by atoms with E-state index in [1.165, 1.54) is 12.1 Å². The number of amides is 1. The van der Waals surface area contributed by atoms with Gasteiger partial charge in [-0.05, 0) is 25.0 Å². The summed E-state index contributed by atoms with van der Waals surface area (Å²) in [6, 6.07) is 4.96. The van der Waals surface area contributed by atoms with Gasteiger partial charge < -0.3 is 14.2 Å². The lowest BCUT2D eigenvalue weighted by Crippen LogP contribution is -2.41. The predicted octanol–water partition coefficient (Wildman–Crippen LogP) is 2.17. The number of imidazole rings is 1. The maximum atomic E-state index is 13.4. The van der Waals surface area contributed by atoms with Crippen molar-refractivity contribution in [1.29, 1.82) is 0 Å². The van der Waals surface area contributed by atoms with E-state index in [-0.39, 0.29) is 23.9 Å². The van der Waals surface area contributed by atoms with Crippen molar-refractivity contribution >= 4 is 29.6 Å². The number of likely N-dealkylation sites (tertiary alicyclic amines) is 1. The average Bonchev–Trinajstić information content (AvgIpc) is 3.35. The molecule has 3 heterocycles. The standard InChI is InChI=1S/C16H18FN3O2S/c17-10-1-2-13-12(7-10)18-15(9-23)20(13)11-3-5-19(6-4-11)16(21)14-8-22-14/h1-2,7,11,14,23H,3-6,8-9H2. The average molecular weight is 335 g/mol. The van der Waals surface area contributed by atoms with E-state index in [2.05, 4.69) is 22.2 Å². The molecule has 1 unspecified atom stereocenters. The van der Waals surface area contributed by atoms with Gasteiger partial charge in [0.1, 0.15) is 11.6 Å². The number of benzene rings is 1. The second-order valence-electron chi connectivity index (χ2n) is 6.07. The minimum atomic E-state index is -0.280. The first-order valence-corrected chi connectivity index (χ1v) is 8.48. The number of hydrogen-bond donors (Lipinski definition) is 1. The zero-order chi connectivity index (χ0) is 16.0. The lowest BCUT2D eigenvalue weighted by Gasteiger charge is -2.33. The van der Waals surface area contributed by atoms with Crippen LogP contribution in [0.4, 0.5) is 4.39 Å². The van der Waals surface area contributed by atoms with Crippen LogP contribution in [-0.2, 0) is 15.3 Å². The van der Waals surface area contributed by atoms with Crippen molar-refractivity contribution in [2.45, 2.75) is 30.7 Å². The lowest BCUT2D eigenvalue weighted by atomic mass is 10.0. The molecule has 122 valence electrons. The van der Waals surface area contributed by atoms with E-state index in [0.717, 1.165) is 37.3 Å². The highest BCUT2D eigenvalue weighted by molar-refractivity contribution is 7.79. The van der Waals surface area contributed by atoms with Gasteiger partial charge in [0.05, 0.1) is 17.6 Å². The Morgan fingerprint density at radius 1 is 1.39 bits per heavy atom. The Labute approximate surface area is 138 Å². The number of nitrogens with zero attached hydrogens (tertiary/aromatic N) is 3. The minimum absolute atomic E-state index is 0.107. The van der Waals surface area contributed by atoms with Crippen molar-refractivity contribution in [3.05, 3.63) is 29.8 Å². The molecule has 0 bridgehead atoms. The fourth-order valence-corrected chi connectivity index (χ4v) is 3.60.